The summed E-state index contributed by atoms with van der Waals surface area (Å²) < 4.78 is 13.0. The normalized spacial score (nSPS) is 11.2. The van der Waals surface area contributed by atoms with E-state index in [2.05, 4.69) is 0 Å². The molecule has 0 aliphatic carbocycles. The SMILES string of the molecule is Cc1cc(F)ccc1C(=O)N(C)C(C)(C)C(=O)O. The average Bonchev–Trinajstić information content (AvgIpc) is 2.26. The van der Waals surface area contributed by atoms with Crippen molar-refractivity contribution in [2.75, 3.05) is 7.05 Å². The number of carboxylic acids is 1. The van der Waals surface area contributed by atoms with Gasteiger partial charge in [0.25, 0.3) is 5.91 Å². The molecule has 1 amide bonds. The Labute approximate surface area is 105 Å². The summed E-state index contributed by atoms with van der Waals surface area (Å²) in [4.78, 5) is 24.4. The lowest BCUT2D eigenvalue weighted by Gasteiger charge is -2.31. The van der Waals surface area contributed by atoms with Gasteiger partial charge in [-0.1, -0.05) is 0 Å². The van der Waals surface area contributed by atoms with E-state index in [1.807, 2.05) is 0 Å². The quantitative estimate of drug-likeness (QED) is 0.897. The van der Waals surface area contributed by atoms with Crippen LogP contribution in [0.1, 0.15) is 29.8 Å². The molecule has 0 spiro atoms. The van der Waals surface area contributed by atoms with Crippen LogP contribution in [0.25, 0.3) is 0 Å². The van der Waals surface area contributed by atoms with Crippen molar-refractivity contribution in [2.24, 2.45) is 0 Å². The number of carboxylic acid groups (broad SMARTS) is 1. The molecule has 1 aromatic rings. The van der Waals surface area contributed by atoms with Crippen LogP contribution in [-0.2, 0) is 4.79 Å². The first-order valence-corrected chi connectivity index (χ1v) is 5.45. The highest BCUT2D eigenvalue weighted by atomic mass is 19.1. The standard InChI is InChI=1S/C13H16FNO3/c1-8-7-9(14)5-6-10(8)11(16)15(4)13(2,3)12(17)18/h5-7H,1-4H3,(H,17,18). The lowest BCUT2D eigenvalue weighted by Crippen LogP contribution is -2.50. The number of aliphatic carboxylic acids is 1. The summed E-state index contributed by atoms with van der Waals surface area (Å²) in [5, 5.41) is 9.07. The molecule has 0 unspecified atom stereocenters. The minimum Gasteiger partial charge on any atom is -0.480 e. The van der Waals surface area contributed by atoms with Gasteiger partial charge in [-0.3, -0.25) is 4.79 Å². The maximum Gasteiger partial charge on any atom is 0.329 e. The molecule has 0 radical (unpaired) electrons. The molecule has 0 heterocycles. The maximum atomic E-state index is 13.0. The van der Waals surface area contributed by atoms with Crippen LogP contribution in [0.2, 0.25) is 0 Å². The van der Waals surface area contributed by atoms with E-state index in [-0.39, 0.29) is 0 Å². The van der Waals surface area contributed by atoms with Crippen LogP contribution in [-0.4, -0.2) is 34.5 Å². The number of hydrogen-bond donors (Lipinski definition) is 1. The van der Waals surface area contributed by atoms with Crippen LogP contribution < -0.4 is 0 Å². The molecule has 0 bridgehead atoms. The summed E-state index contributed by atoms with van der Waals surface area (Å²) in [5.41, 5.74) is -0.543. The van der Waals surface area contributed by atoms with Crippen LogP contribution in [0, 0.1) is 12.7 Å². The Morgan fingerprint density at radius 3 is 2.33 bits per heavy atom. The fourth-order valence-electron chi connectivity index (χ4n) is 1.45. The highest BCUT2D eigenvalue weighted by molar-refractivity contribution is 5.98. The van der Waals surface area contributed by atoms with Gasteiger partial charge in [-0.2, -0.15) is 0 Å². The lowest BCUT2D eigenvalue weighted by molar-refractivity contribution is -0.147. The molecule has 98 valence electrons. The van der Waals surface area contributed by atoms with Gasteiger partial charge in [0.05, 0.1) is 0 Å². The fourth-order valence-corrected chi connectivity index (χ4v) is 1.45. The van der Waals surface area contributed by atoms with E-state index in [1.54, 1.807) is 6.92 Å². The summed E-state index contributed by atoms with van der Waals surface area (Å²) >= 11 is 0. The van der Waals surface area contributed by atoms with E-state index >= 15 is 0 Å². The van der Waals surface area contributed by atoms with E-state index in [9.17, 15) is 14.0 Å². The first-order chi connectivity index (χ1) is 8.17. The third-order valence-corrected chi connectivity index (χ3v) is 3.09. The number of likely N-dealkylation sites (N-methyl/N-ethyl adjacent to an activating group) is 1. The Kier molecular flexibility index (Phi) is 3.74. The van der Waals surface area contributed by atoms with Crippen molar-refractivity contribution in [3.05, 3.63) is 35.1 Å². The highest BCUT2D eigenvalue weighted by Crippen LogP contribution is 2.19. The Morgan fingerprint density at radius 1 is 1.33 bits per heavy atom. The molecule has 1 aromatic carbocycles. The van der Waals surface area contributed by atoms with Crippen molar-refractivity contribution < 1.29 is 19.1 Å². The van der Waals surface area contributed by atoms with Gasteiger partial charge < -0.3 is 10.0 Å². The second-order valence-electron chi connectivity index (χ2n) is 4.69. The van der Waals surface area contributed by atoms with E-state index in [0.717, 1.165) is 4.90 Å². The van der Waals surface area contributed by atoms with Crippen LogP contribution in [0.15, 0.2) is 18.2 Å². The molecule has 1 rings (SSSR count). The summed E-state index contributed by atoms with van der Waals surface area (Å²) in [7, 11) is 1.42. The topological polar surface area (TPSA) is 57.6 Å². The largest absolute Gasteiger partial charge is 0.480 e. The van der Waals surface area contributed by atoms with Gasteiger partial charge in [0.2, 0.25) is 0 Å². The van der Waals surface area contributed by atoms with Crippen molar-refractivity contribution in [3.63, 3.8) is 0 Å². The van der Waals surface area contributed by atoms with Gasteiger partial charge in [-0.25, -0.2) is 9.18 Å². The molecule has 4 nitrogen and oxygen atoms in total. The first-order valence-electron chi connectivity index (χ1n) is 5.45. The van der Waals surface area contributed by atoms with E-state index in [4.69, 9.17) is 5.11 Å². The number of rotatable bonds is 3. The first kappa shape index (κ1) is 14.2. The van der Waals surface area contributed by atoms with Crippen molar-refractivity contribution in [3.8, 4) is 0 Å². The number of halogens is 1. The Hall–Kier alpha value is -1.91. The molecule has 1 N–H and O–H groups in total. The number of hydrogen-bond acceptors (Lipinski definition) is 2. The van der Waals surface area contributed by atoms with Crippen molar-refractivity contribution >= 4 is 11.9 Å². The van der Waals surface area contributed by atoms with E-state index in [1.165, 1.54) is 39.1 Å². The summed E-state index contributed by atoms with van der Waals surface area (Å²) in [6.07, 6.45) is 0. The van der Waals surface area contributed by atoms with Crippen LogP contribution in [0.4, 0.5) is 4.39 Å². The molecule has 0 atom stereocenters. The zero-order valence-electron chi connectivity index (χ0n) is 10.8. The molecule has 0 aliphatic rings. The average molecular weight is 253 g/mol. The van der Waals surface area contributed by atoms with Gasteiger partial charge in [0.1, 0.15) is 11.4 Å². The number of amides is 1. The predicted octanol–water partition coefficient (Wildman–Crippen LogP) is 2.07. The molecule has 18 heavy (non-hydrogen) atoms. The van der Waals surface area contributed by atoms with Gasteiger partial charge in [-0.15, -0.1) is 0 Å². The summed E-state index contributed by atoms with van der Waals surface area (Å²) in [6, 6.07) is 3.79. The van der Waals surface area contributed by atoms with Crippen molar-refractivity contribution in [2.45, 2.75) is 26.3 Å². The third-order valence-electron chi connectivity index (χ3n) is 3.09. The van der Waals surface area contributed by atoms with E-state index < -0.39 is 23.2 Å². The fraction of sp³-hybridized carbons (Fsp3) is 0.385. The van der Waals surface area contributed by atoms with Crippen LogP contribution >= 0.6 is 0 Å². The molecule has 0 saturated heterocycles. The summed E-state index contributed by atoms with van der Waals surface area (Å²) in [5.74, 6) is -1.97. The zero-order valence-corrected chi connectivity index (χ0v) is 10.8. The number of nitrogens with zero attached hydrogens (tertiary/aromatic N) is 1. The third kappa shape index (κ3) is 2.50. The minimum absolute atomic E-state index is 0.299. The summed E-state index contributed by atoms with van der Waals surface area (Å²) in [6.45, 7) is 4.48. The Morgan fingerprint density at radius 2 is 1.89 bits per heavy atom. The minimum atomic E-state index is -1.32. The van der Waals surface area contributed by atoms with Crippen molar-refractivity contribution in [1.82, 2.24) is 4.90 Å². The lowest BCUT2D eigenvalue weighted by atomic mass is 10.0. The van der Waals surface area contributed by atoms with Crippen LogP contribution in [0.5, 0.6) is 0 Å². The van der Waals surface area contributed by atoms with Gasteiger partial charge in [0, 0.05) is 12.6 Å². The second-order valence-corrected chi connectivity index (χ2v) is 4.69. The molecule has 0 aliphatic heterocycles. The number of benzene rings is 1. The zero-order chi connectivity index (χ0) is 14.1. The molecule has 0 saturated carbocycles. The maximum absolute atomic E-state index is 13.0. The molecule has 5 heteroatoms. The second kappa shape index (κ2) is 4.76. The van der Waals surface area contributed by atoms with Crippen LogP contribution in [0.3, 0.4) is 0 Å². The Balaban J connectivity index is 3.11. The van der Waals surface area contributed by atoms with Gasteiger partial charge in [-0.05, 0) is 44.5 Å². The number of carbonyl (C=O) groups is 2. The smallest absolute Gasteiger partial charge is 0.329 e. The van der Waals surface area contributed by atoms with E-state index in [0.29, 0.717) is 11.1 Å². The molecular weight excluding hydrogens is 237 g/mol. The number of aryl methyl sites for hydroxylation is 1. The highest BCUT2D eigenvalue weighted by Gasteiger charge is 2.35. The molecular formula is C13H16FNO3. The predicted molar refractivity (Wildman–Crippen MR) is 64.9 cm³/mol. The van der Waals surface area contributed by atoms with Gasteiger partial charge >= 0.3 is 5.97 Å². The van der Waals surface area contributed by atoms with Gasteiger partial charge in [0.15, 0.2) is 0 Å². The molecule has 0 fully saturated rings. The van der Waals surface area contributed by atoms with Crippen molar-refractivity contribution in [1.29, 1.82) is 0 Å². The Bertz CT molecular complexity index is 497. The molecule has 0 aromatic heterocycles. The monoisotopic (exact) mass is 253 g/mol. The number of carbonyl (C=O) groups excluding carboxylic acids is 1.